The number of rotatable bonds is 5. The van der Waals surface area contributed by atoms with Crippen LogP contribution in [0.5, 0.6) is 11.5 Å². The number of hydrogen-bond donors (Lipinski definition) is 1. The van der Waals surface area contributed by atoms with Crippen LogP contribution in [0.15, 0.2) is 12.1 Å². The maximum atomic E-state index is 14.1. The number of halogens is 1. The van der Waals surface area contributed by atoms with Crippen molar-refractivity contribution in [1.82, 2.24) is 0 Å². The molecule has 0 amide bonds. The largest absolute Gasteiger partial charge is 0.502 e. The van der Waals surface area contributed by atoms with Gasteiger partial charge in [-0.1, -0.05) is 0 Å². The predicted molar refractivity (Wildman–Crippen MR) is 84.7 cm³/mol. The van der Waals surface area contributed by atoms with E-state index in [1.807, 2.05) is 0 Å². The summed E-state index contributed by atoms with van der Waals surface area (Å²) in [6, 6.07) is 2.85. The molecule has 0 atom stereocenters. The van der Waals surface area contributed by atoms with Crippen LogP contribution in [0.3, 0.4) is 0 Å². The third-order valence-corrected chi connectivity index (χ3v) is 4.66. The molecule has 0 saturated heterocycles. The standard InChI is InChI=1S/C16H17FO5S/c1-16(2,15(20)22-4)7-9(18)12-5-8-11(23-12)6-10(21-3)14(19)13(8)17/h5-6,19H,7H2,1-4H3. The molecule has 0 spiro atoms. The van der Waals surface area contributed by atoms with E-state index in [4.69, 9.17) is 4.74 Å². The first kappa shape index (κ1) is 17.2. The van der Waals surface area contributed by atoms with E-state index in [-0.39, 0.29) is 23.3 Å². The van der Waals surface area contributed by atoms with Gasteiger partial charge in [-0.2, -0.15) is 0 Å². The van der Waals surface area contributed by atoms with Crippen LogP contribution in [-0.4, -0.2) is 31.1 Å². The molecule has 23 heavy (non-hydrogen) atoms. The van der Waals surface area contributed by atoms with E-state index >= 15 is 0 Å². The third kappa shape index (κ3) is 3.14. The molecule has 5 nitrogen and oxygen atoms in total. The zero-order valence-electron chi connectivity index (χ0n) is 13.2. The number of hydrogen-bond acceptors (Lipinski definition) is 6. The number of aromatic hydroxyl groups is 1. The van der Waals surface area contributed by atoms with Crippen molar-refractivity contribution in [2.24, 2.45) is 5.41 Å². The van der Waals surface area contributed by atoms with Gasteiger partial charge in [0, 0.05) is 22.6 Å². The zero-order chi connectivity index (χ0) is 17.4. The minimum Gasteiger partial charge on any atom is -0.502 e. The number of phenolic OH excluding ortho intramolecular Hbond substituents is 1. The Morgan fingerprint density at radius 2 is 1.96 bits per heavy atom. The van der Waals surface area contributed by atoms with Gasteiger partial charge in [-0.25, -0.2) is 4.39 Å². The van der Waals surface area contributed by atoms with Crippen molar-refractivity contribution in [3.63, 3.8) is 0 Å². The molecule has 0 radical (unpaired) electrons. The van der Waals surface area contributed by atoms with E-state index in [1.165, 1.54) is 26.4 Å². The maximum absolute atomic E-state index is 14.1. The number of ketones is 1. The summed E-state index contributed by atoms with van der Waals surface area (Å²) in [5.74, 6) is -2.20. The molecule has 0 aliphatic carbocycles. The Morgan fingerprint density at radius 1 is 1.30 bits per heavy atom. The van der Waals surface area contributed by atoms with Crippen LogP contribution in [0.4, 0.5) is 4.39 Å². The van der Waals surface area contributed by atoms with Crippen molar-refractivity contribution in [3.8, 4) is 11.5 Å². The van der Waals surface area contributed by atoms with Crippen molar-refractivity contribution in [2.75, 3.05) is 14.2 Å². The van der Waals surface area contributed by atoms with Gasteiger partial charge in [0.1, 0.15) is 0 Å². The Kier molecular flexibility index (Phi) is 4.61. The van der Waals surface area contributed by atoms with Crippen LogP contribution in [0, 0.1) is 11.2 Å². The molecule has 1 aromatic heterocycles. The summed E-state index contributed by atoms with van der Waals surface area (Å²) >= 11 is 1.09. The number of phenols is 1. The normalized spacial score (nSPS) is 11.5. The number of benzene rings is 1. The molecule has 0 aliphatic heterocycles. The average Bonchev–Trinajstić information content (AvgIpc) is 2.93. The Bertz CT molecular complexity index is 778. The van der Waals surface area contributed by atoms with Crippen LogP contribution in [-0.2, 0) is 9.53 Å². The Labute approximate surface area is 136 Å². The first-order valence-corrected chi connectivity index (χ1v) is 7.63. The highest BCUT2D eigenvalue weighted by atomic mass is 32.1. The van der Waals surface area contributed by atoms with E-state index in [2.05, 4.69) is 4.74 Å². The monoisotopic (exact) mass is 340 g/mol. The molecule has 0 saturated carbocycles. The molecule has 0 bridgehead atoms. The Hall–Kier alpha value is -2.15. The fourth-order valence-corrected chi connectivity index (χ4v) is 3.26. The SMILES string of the molecule is COC(=O)C(C)(C)CC(=O)c1cc2c(F)c(O)c(OC)cc2s1. The summed E-state index contributed by atoms with van der Waals surface area (Å²) in [4.78, 5) is 24.4. The summed E-state index contributed by atoms with van der Waals surface area (Å²) in [7, 11) is 2.58. The van der Waals surface area contributed by atoms with Crippen LogP contribution in [0.2, 0.25) is 0 Å². The fourth-order valence-electron chi connectivity index (χ4n) is 2.24. The summed E-state index contributed by atoms with van der Waals surface area (Å²) in [5, 5.41) is 9.84. The molecular weight excluding hydrogens is 323 g/mol. The van der Waals surface area contributed by atoms with E-state index in [0.717, 1.165) is 11.3 Å². The molecule has 0 unspecified atom stereocenters. The molecule has 1 aromatic carbocycles. The van der Waals surface area contributed by atoms with Crippen LogP contribution < -0.4 is 4.74 Å². The third-order valence-electron chi connectivity index (χ3n) is 3.54. The van der Waals surface area contributed by atoms with Gasteiger partial charge in [-0.05, 0) is 19.9 Å². The van der Waals surface area contributed by atoms with E-state index in [0.29, 0.717) is 9.58 Å². The van der Waals surface area contributed by atoms with Gasteiger partial charge in [0.15, 0.2) is 23.1 Å². The lowest BCUT2D eigenvalue weighted by molar-refractivity contribution is -0.150. The number of thiophene rings is 1. The number of carbonyl (C=O) groups is 2. The molecular formula is C16H17FO5S. The van der Waals surface area contributed by atoms with Crippen molar-refractivity contribution < 1.29 is 28.6 Å². The molecule has 124 valence electrons. The summed E-state index contributed by atoms with van der Waals surface area (Å²) in [6.45, 7) is 3.22. The first-order chi connectivity index (χ1) is 10.7. The minimum absolute atomic E-state index is 0.00531. The van der Waals surface area contributed by atoms with Gasteiger partial charge in [0.05, 0.1) is 24.5 Å². The van der Waals surface area contributed by atoms with Gasteiger partial charge in [0.2, 0.25) is 0 Å². The molecule has 2 rings (SSSR count). The Morgan fingerprint density at radius 3 is 2.52 bits per heavy atom. The highest BCUT2D eigenvalue weighted by molar-refractivity contribution is 7.20. The topological polar surface area (TPSA) is 72.8 Å². The van der Waals surface area contributed by atoms with Gasteiger partial charge in [0.25, 0.3) is 0 Å². The number of methoxy groups -OCH3 is 2. The Balaban J connectivity index is 2.39. The molecule has 1 N–H and O–H groups in total. The molecule has 0 fully saturated rings. The van der Waals surface area contributed by atoms with Gasteiger partial charge in [-0.3, -0.25) is 9.59 Å². The number of esters is 1. The maximum Gasteiger partial charge on any atom is 0.311 e. The van der Waals surface area contributed by atoms with Gasteiger partial charge >= 0.3 is 5.97 Å². The highest BCUT2D eigenvalue weighted by Crippen LogP contribution is 2.39. The van der Waals surface area contributed by atoms with Crippen molar-refractivity contribution >= 4 is 33.2 Å². The van der Waals surface area contributed by atoms with Crippen LogP contribution >= 0.6 is 11.3 Å². The summed E-state index contributed by atoms with van der Waals surface area (Å²) in [6.07, 6.45) is -0.0583. The second-order valence-corrected chi connectivity index (χ2v) is 6.82. The smallest absolute Gasteiger partial charge is 0.311 e. The summed E-state index contributed by atoms with van der Waals surface area (Å²) < 4.78 is 24.2. The number of fused-ring (bicyclic) bond motifs is 1. The van der Waals surface area contributed by atoms with E-state index in [9.17, 15) is 19.1 Å². The molecule has 7 heteroatoms. The fraction of sp³-hybridized carbons (Fsp3) is 0.375. The molecule has 0 aliphatic rings. The second kappa shape index (κ2) is 6.16. The van der Waals surface area contributed by atoms with Crippen molar-refractivity contribution in [3.05, 3.63) is 22.8 Å². The average molecular weight is 340 g/mol. The quantitative estimate of drug-likeness (QED) is 0.666. The predicted octanol–water partition coefficient (Wildman–Crippen LogP) is 3.53. The van der Waals surface area contributed by atoms with Crippen LogP contribution in [0.1, 0.15) is 29.9 Å². The van der Waals surface area contributed by atoms with E-state index in [1.54, 1.807) is 13.8 Å². The summed E-state index contributed by atoms with van der Waals surface area (Å²) in [5.41, 5.74) is -0.972. The van der Waals surface area contributed by atoms with Gasteiger partial charge in [-0.15, -0.1) is 11.3 Å². The van der Waals surface area contributed by atoms with Crippen LogP contribution in [0.25, 0.3) is 10.1 Å². The molecule has 2 aromatic rings. The second-order valence-electron chi connectivity index (χ2n) is 5.74. The zero-order valence-corrected chi connectivity index (χ0v) is 14.0. The number of Topliss-reactive ketones (excluding diaryl/α,β-unsaturated/α-hetero) is 1. The number of carbonyl (C=O) groups excluding carboxylic acids is 2. The van der Waals surface area contributed by atoms with Crippen molar-refractivity contribution in [2.45, 2.75) is 20.3 Å². The number of ether oxygens (including phenoxy) is 2. The minimum atomic E-state index is -0.972. The van der Waals surface area contributed by atoms with Crippen molar-refractivity contribution in [1.29, 1.82) is 0 Å². The molecule has 1 heterocycles. The highest BCUT2D eigenvalue weighted by Gasteiger charge is 2.32. The van der Waals surface area contributed by atoms with E-state index < -0.39 is 23.0 Å². The lowest BCUT2D eigenvalue weighted by Gasteiger charge is -2.19. The first-order valence-electron chi connectivity index (χ1n) is 6.82. The lowest BCUT2D eigenvalue weighted by Crippen LogP contribution is -2.28. The van der Waals surface area contributed by atoms with Gasteiger partial charge < -0.3 is 14.6 Å². The lowest BCUT2D eigenvalue weighted by atomic mass is 9.87.